The Balaban J connectivity index is 0.000000202. The molecule has 2 amide bonds. The zero-order valence-electron chi connectivity index (χ0n) is 39.4. The molecule has 0 spiro atoms. The molecule has 3 aliphatic heterocycles. The Morgan fingerprint density at radius 1 is 0.671 bits per heavy atom. The van der Waals surface area contributed by atoms with Crippen molar-refractivity contribution in [1.82, 2.24) is 19.8 Å². The number of aliphatic hydroxyl groups is 2. The molecule has 3 saturated heterocycles. The Labute approximate surface area is 430 Å². The van der Waals surface area contributed by atoms with Crippen LogP contribution in [-0.4, -0.2) is 137 Å². The van der Waals surface area contributed by atoms with Crippen molar-refractivity contribution >= 4 is 63.9 Å². The van der Waals surface area contributed by atoms with Gasteiger partial charge in [0, 0.05) is 91.2 Å². The summed E-state index contributed by atoms with van der Waals surface area (Å²) in [4.78, 5) is 39.3. The maximum atomic E-state index is 12.7. The molecule has 8 rings (SSSR count). The summed E-state index contributed by atoms with van der Waals surface area (Å²) in [7, 11) is 0. The van der Waals surface area contributed by atoms with Crippen molar-refractivity contribution in [3.63, 3.8) is 0 Å². The zero-order valence-corrected chi connectivity index (χ0v) is 41.7. The number of likely N-dealkylation sites (tertiary alicyclic amines) is 2. The van der Waals surface area contributed by atoms with Crippen molar-refractivity contribution in [2.75, 3.05) is 68.0 Å². The number of aliphatic hydroxyl groups excluding tert-OH is 2. The fraction of sp³-hybridized carbons (Fsp3) is 0.396. The summed E-state index contributed by atoms with van der Waals surface area (Å²) < 4.78 is 87.5. The molecule has 3 fully saturated rings. The number of morpholine rings is 1. The zero-order chi connectivity index (χ0) is 53.2. The fourth-order valence-corrected chi connectivity index (χ4v) is 8.74. The third kappa shape index (κ3) is 17.6. The topological polar surface area (TPSA) is 186 Å². The monoisotopic (exact) mass is 1090 g/mol. The lowest BCUT2D eigenvalue weighted by atomic mass is 10.1. The number of aryl methyl sites for hydroxylation is 3. The van der Waals surface area contributed by atoms with Crippen LogP contribution in [-0.2, 0) is 27.2 Å². The molecule has 3 aromatic heterocycles. The van der Waals surface area contributed by atoms with Crippen molar-refractivity contribution in [2.45, 2.75) is 70.6 Å². The van der Waals surface area contributed by atoms with E-state index in [4.69, 9.17) is 44.7 Å². The van der Waals surface area contributed by atoms with Gasteiger partial charge in [0.1, 0.15) is 23.1 Å². The van der Waals surface area contributed by atoms with Gasteiger partial charge in [0.25, 0.3) is 0 Å². The van der Waals surface area contributed by atoms with Crippen LogP contribution in [0.15, 0.2) is 84.9 Å². The maximum absolute atomic E-state index is 12.7. The standard InChI is InChI=1S/C23H27F3N4O4.C19H19ClF3N3O3.C6H6Cl2NO/c1-15-10-17(29-6-8-33-9-7-29)12-21(27-15)28-19-13-30(14-20(19)31)22(32)11-16-2-4-18(5-3-16)34-23(24,25)26;1-11-6-13(20)8-17(24-11)25-15-9-26(10-16(15)27)18(28)7-12-2-4-14(5-3-12)29-19(21,22)23;1-4-2-5(7)3-6(8)9(4)10/h2-5,10,12,19-20,31H,6-9,11,13-14H2,1H3,(H,27,28);2-6,8,15-16,27H,7,9-10H2,1H3,(H,24,25);2-3,10H,1H3/q;;+1/t19-,20-;15-,16-;/m11./s1. The van der Waals surface area contributed by atoms with E-state index in [-0.39, 0.29) is 67.5 Å². The van der Waals surface area contributed by atoms with Crippen molar-refractivity contribution in [3.8, 4) is 11.5 Å². The second kappa shape index (κ2) is 24.8. The smallest absolute Gasteiger partial charge is 0.406 e. The van der Waals surface area contributed by atoms with Crippen molar-refractivity contribution < 1.29 is 70.3 Å². The van der Waals surface area contributed by atoms with E-state index in [0.717, 1.165) is 47.0 Å². The number of carbonyl (C=O) groups excluding carboxylic acids is 2. The molecule has 0 bridgehead atoms. The molecule has 0 saturated carbocycles. The molecule has 4 atom stereocenters. The number of halogens is 9. The minimum absolute atomic E-state index is 0.000259. The predicted molar refractivity (Wildman–Crippen MR) is 258 cm³/mol. The SMILES string of the molecule is Cc1cc(Cl)cc(Cl)[n+]1O.Cc1cc(Cl)cc(N[C@@H]2CN(C(=O)Cc3ccc(OC(F)(F)F)cc3)C[C@H]2O)n1.Cc1cc(N2CCOCC2)cc(N[C@@H]2CN(C(=O)Cc3ccc(OC(F)(F)F)cc3)C[C@H]2O)n1. The van der Waals surface area contributed by atoms with Gasteiger partial charge in [-0.05, 0) is 79.0 Å². The number of carbonyl (C=O) groups is 2. The summed E-state index contributed by atoms with van der Waals surface area (Å²) >= 11 is 17.2. The highest BCUT2D eigenvalue weighted by Gasteiger charge is 2.36. The predicted octanol–water partition coefficient (Wildman–Crippen LogP) is 7.35. The third-order valence-electron chi connectivity index (χ3n) is 11.3. The van der Waals surface area contributed by atoms with Crippen LogP contribution in [0.2, 0.25) is 15.2 Å². The summed E-state index contributed by atoms with van der Waals surface area (Å²) in [5, 5.41) is 37.5. The van der Waals surface area contributed by atoms with E-state index in [1.807, 2.05) is 19.1 Å². The van der Waals surface area contributed by atoms with Crippen LogP contribution in [0.3, 0.4) is 0 Å². The average Bonchev–Trinajstić information content (AvgIpc) is 3.86. The van der Waals surface area contributed by atoms with Crippen LogP contribution in [0.5, 0.6) is 11.5 Å². The number of benzene rings is 2. The maximum Gasteiger partial charge on any atom is 0.573 e. The largest absolute Gasteiger partial charge is 0.573 e. The van der Waals surface area contributed by atoms with Crippen LogP contribution in [0.1, 0.15) is 28.2 Å². The van der Waals surface area contributed by atoms with Gasteiger partial charge in [0.2, 0.25) is 17.5 Å². The molecule has 5 N–H and O–H groups in total. The van der Waals surface area contributed by atoms with Gasteiger partial charge in [-0.2, -0.15) is 0 Å². The highest BCUT2D eigenvalue weighted by atomic mass is 35.5. The van der Waals surface area contributed by atoms with Crippen molar-refractivity contribution in [3.05, 3.63) is 128 Å². The summed E-state index contributed by atoms with van der Waals surface area (Å²) in [5.74, 6) is -0.0219. The van der Waals surface area contributed by atoms with Crippen LogP contribution in [0, 0.1) is 20.8 Å². The van der Waals surface area contributed by atoms with E-state index in [0.29, 0.717) is 51.7 Å². The summed E-state index contributed by atoms with van der Waals surface area (Å²) in [6.45, 7) is 9.18. The Bertz CT molecular complexity index is 2630. The van der Waals surface area contributed by atoms with Gasteiger partial charge in [0.05, 0.1) is 55.4 Å². The average molecular weight is 1090 g/mol. The number of nitrogens with zero attached hydrogens (tertiary/aromatic N) is 6. The number of nitrogens with one attached hydrogen (secondary N) is 2. The number of hydrogen-bond acceptors (Lipinski definition) is 13. The first-order valence-corrected chi connectivity index (χ1v) is 23.7. The van der Waals surface area contributed by atoms with Crippen molar-refractivity contribution in [2.24, 2.45) is 0 Å². The minimum Gasteiger partial charge on any atom is -0.406 e. The van der Waals surface area contributed by atoms with Gasteiger partial charge in [-0.3, -0.25) is 14.8 Å². The van der Waals surface area contributed by atoms with Crippen LogP contribution < -0.4 is 29.7 Å². The van der Waals surface area contributed by atoms with E-state index in [2.05, 4.69) is 35.0 Å². The van der Waals surface area contributed by atoms with E-state index in [1.54, 1.807) is 36.9 Å². The van der Waals surface area contributed by atoms with Crippen molar-refractivity contribution in [1.29, 1.82) is 0 Å². The van der Waals surface area contributed by atoms with E-state index < -0.39 is 37.0 Å². The Hall–Kier alpha value is -6.04. The molecule has 25 heteroatoms. The molecule has 2 aromatic carbocycles. The molecule has 394 valence electrons. The van der Waals surface area contributed by atoms with Gasteiger partial charge in [0.15, 0.2) is 0 Å². The van der Waals surface area contributed by atoms with Gasteiger partial charge in [-0.25, -0.2) is 9.97 Å². The quantitative estimate of drug-likeness (QED) is 0.0383. The van der Waals surface area contributed by atoms with Crippen LogP contribution >= 0.6 is 34.8 Å². The number of pyridine rings is 3. The number of amides is 2. The lowest BCUT2D eigenvalue weighted by Crippen LogP contribution is -2.36. The van der Waals surface area contributed by atoms with E-state index >= 15 is 0 Å². The molecule has 0 aliphatic carbocycles. The molecule has 0 radical (unpaired) electrons. The molecule has 5 aromatic rings. The van der Waals surface area contributed by atoms with Gasteiger partial charge in [-0.15, -0.1) is 26.3 Å². The molecule has 3 aliphatic rings. The molecular weight excluding hydrogens is 1040 g/mol. The Morgan fingerprint density at radius 3 is 1.55 bits per heavy atom. The number of anilines is 3. The summed E-state index contributed by atoms with van der Waals surface area (Å²) in [6, 6.07) is 19.9. The lowest BCUT2D eigenvalue weighted by molar-refractivity contribution is -0.907. The second-order valence-corrected chi connectivity index (χ2v) is 18.4. The van der Waals surface area contributed by atoms with Gasteiger partial charge < -0.3 is 49.8 Å². The Morgan fingerprint density at radius 2 is 1.11 bits per heavy atom. The number of β-amino-alcohol motifs (C(OH)–C–C–N with tert-alkyl or cyclic N) is 2. The first-order chi connectivity index (χ1) is 34.4. The van der Waals surface area contributed by atoms with Crippen LogP contribution in [0.4, 0.5) is 43.7 Å². The molecule has 0 unspecified atom stereocenters. The number of aromatic nitrogens is 3. The Kier molecular flexibility index (Phi) is 19.1. The lowest BCUT2D eigenvalue weighted by Gasteiger charge is -2.29. The summed E-state index contributed by atoms with van der Waals surface area (Å²) in [5.41, 5.74) is 4.29. The van der Waals surface area contributed by atoms with E-state index in [1.165, 1.54) is 47.4 Å². The minimum atomic E-state index is -4.76. The number of ether oxygens (including phenoxy) is 3. The molecule has 6 heterocycles. The molecule has 73 heavy (non-hydrogen) atoms. The van der Waals surface area contributed by atoms with Crippen LogP contribution in [0.25, 0.3) is 0 Å². The second-order valence-electron chi connectivity index (χ2n) is 17.2. The highest BCUT2D eigenvalue weighted by Crippen LogP contribution is 2.27. The third-order valence-corrected chi connectivity index (χ3v) is 12.1. The first kappa shape index (κ1) is 56.3. The molecular formula is C48H52Cl3F6N8O8+. The van der Waals surface area contributed by atoms with Gasteiger partial charge in [-0.1, -0.05) is 47.5 Å². The summed E-state index contributed by atoms with van der Waals surface area (Å²) in [6.07, 6.45) is -11.1. The first-order valence-electron chi connectivity index (χ1n) is 22.5. The number of rotatable bonds is 11. The normalized spacial score (nSPS) is 18.8. The number of alkyl halides is 6. The fourth-order valence-electron chi connectivity index (χ4n) is 7.91. The van der Waals surface area contributed by atoms with Gasteiger partial charge >= 0.3 is 17.9 Å². The highest BCUT2D eigenvalue weighted by molar-refractivity contribution is 6.33. The molecule has 16 nitrogen and oxygen atoms in total. The number of hydrogen-bond donors (Lipinski definition) is 5. The van der Waals surface area contributed by atoms with E-state index in [9.17, 15) is 46.1 Å².